The van der Waals surface area contributed by atoms with Crippen molar-refractivity contribution in [3.8, 4) is 11.3 Å². The van der Waals surface area contributed by atoms with Crippen LogP contribution >= 0.6 is 11.8 Å². The van der Waals surface area contributed by atoms with Crippen LogP contribution in [0.5, 0.6) is 0 Å². The van der Waals surface area contributed by atoms with Crippen LogP contribution in [0.15, 0.2) is 91.1 Å². The molecule has 4 nitrogen and oxygen atoms in total. The molecule has 3 heterocycles. The van der Waals surface area contributed by atoms with E-state index < -0.39 is 0 Å². The molecule has 146 valence electrons. The molecular weight excluding hydrogens is 390 g/mol. The zero-order valence-electron chi connectivity index (χ0n) is 16.2. The molecule has 1 aliphatic rings. The van der Waals surface area contributed by atoms with Gasteiger partial charge in [0.15, 0.2) is 5.65 Å². The SMILES string of the molecule is O=C1CSC(/C=C/c2ccccc2)N1c1ccc(-c2ccc3cccnc3n2)cc1. The number of benzene rings is 2. The third-order valence-corrected chi connectivity index (χ3v) is 6.18. The van der Waals surface area contributed by atoms with E-state index >= 15 is 0 Å². The third-order valence-electron chi connectivity index (χ3n) is 5.06. The summed E-state index contributed by atoms with van der Waals surface area (Å²) in [5.41, 5.74) is 4.63. The molecule has 1 saturated heterocycles. The van der Waals surface area contributed by atoms with Crippen LogP contribution in [0.4, 0.5) is 5.69 Å². The molecule has 1 amide bonds. The van der Waals surface area contributed by atoms with Crippen LogP contribution in [-0.4, -0.2) is 27.0 Å². The number of nitrogens with zero attached hydrogens (tertiary/aromatic N) is 3. The first kappa shape index (κ1) is 18.6. The summed E-state index contributed by atoms with van der Waals surface area (Å²) in [4.78, 5) is 23.4. The highest BCUT2D eigenvalue weighted by atomic mass is 32.2. The molecule has 1 fully saturated rings. The Kier molecular flexibility index (Phi) is 5.03. The molecule has 4 aromatic rings. The van der Waals surface area contributed by atoms with E-state index in [9.17, 15) is 4.79 Å². The minimum atomic E-state index is -0.00782. The molecule has 0 saturated carbocycles. The molecule has 0 aliphatic carbocycles. The maximum atomic E-state index is 12.5. The van der Waals surface area contributed by atoms with Gasteiger partial charge in [0.05, 0.1) is 11.4 Å². The Balaban J connectivity index is 1.40. The maximum Gasteiger partial charge on any atom is 0.238 e. The number of thioether (sulfide) groups is 1. The lowest BCUT2D eigenvalue weighted by molar-refractivity contribution is -0.115. The molecular formula is C25H19N3OS. The van der Waals surface area contributed by atoms with Gasteiger partial charge in [-0.2, -0.15) is 0 Å². The highest BCUT2D eigenvalue weighted by molar-refractivity contribution is 8.01. The lowest BCUT2D eigenvalue weighted by atomic mass is 10.1. The molecule has 1 aliphatic heterocycles. The van der Waals surface area contributed by atoms with Crippen LogP contribution in [0, 0.1) is 0 Å². The first-order chi connectivity index (χ1) is 14.8. The lowest BCUT2D eigenvalue weighted by Gasteiger charge is -2.22. The van der Waals surface area contributed by atoms with Crippen LogP contribution in [0.2, 0.25) is 0 Å². The number of hydrogen-bond acceptors (Lipinski definition) is 4. The molecule has 0 N–H and O–H groups in total. The molecule has 0 bridgehead atoms. The van der Waals surface area contributed by atoms with Crippen LogP contribution in [0.25, 0.3) is 28.4 Å². The van der Waals surface area contributed by atoms with Crippen molar-refractivity contribution < 1.29 is 4.79 Å². The number of aromatic nitrogens is 2. The Morgan fingerprint density at radius 3 is 2.60 bits per heavy atom. The van der Waals surface area contributed by atoms with Gasteiger partial charge in [-0.25, -0.2) is 9.97 Å². The molecule has 30 heavy (non-hydrogen) atoms. The Morgan fingerprint density at radius 2 is 1.77 bits per heavy atom. The largest absolute Gasteiger partial charge is 0.296 e. The van der Waals surface area contributed by atoms with E-state index in [1.165, 1.54) is 0 Å². The summed E-state index contributed by atoms with van der Waals surface area (Å²) in [5.74, 6) is 0.618. The fraction of sp³-hybridized carbons (Fsp3) is 0.0800. The summed E-state index contributed by atoms with van der Waals surface area (Å²) in [6.07, 6.45) is 5.92. The second-order valence-electron chi connectivity index (χ2n) is 7.03. The standard InChI is InChI=1S/C25H19N3OS/c29-23-17-30-24(15-8-18-5-2-1-3-6-18)28(23)21-12-9-19(10-13-21)22-14-11-20-7-4-16-26-25(20)27-22/h1-16,24H,17H2/b15-8+. The molecule has 5 rings (SSSR count). The summed E-state index contributed by atoms with van der Waals surface area (Å²) in [6.45, 7) is 0. The van der Waals surface area contributed by atoms with Gasteiger partial charge in [0.2, 0.25) is 5.91 Å². The Morgan fingerprint density at radius 1 is 0.933 bits per heavy atom. The van der Waals surface area contributed by atoms with Crippen LogP contribution < -0.4 is 4.90 Å². The number of rotatable bonds is 4. The number of anilines is 1. The summed E-state index contributed by atoms with van der Waals surface area (Å²) in [7, 11) is 0. The van der Waals surface area contributed by atoms with Gasteiger partial charge in [0.1, 0.15) is 5.37 Å². The number of fused-ring (bicyclic) bond motifs is 1. The third kappa shape index (κ3) is 3.72. The van der Waals surface area contributed by atoms with Crippen LogP contribution in [0.1, 0.15) is 5.56 Å². The number of carbonyl (C=O) groups excluding carboxylic acids is 1. The fourth-order valence-corrected chi connectivity index (χ4v) is 4.57. The van der Waals surface area contributed by atoms with Crippen LogP contribution in [-0.2, 0) is 4.79 Å². The number of amides is 1. The molecule has 5 heteroatoms. The predicted molar refractivity (Wildman–Crippen MR) is 124 cm³/mol. The topological polar surface area (TPSA) is 46.1 Å². The van der Waals surface area contributed by atoms with E-state index in [1.54, 1.807) is 18.0 Å². The smallest absolute Gasteiger partial charge is 0.238 e. The van der Waals surface area contributed by atoms with Crippen molar-refractivity contribution in [1.29, 1.82) is 0 Å². The molecule has 1 unspecified atom stereocenters. The number of hydrogen-bond donors (Lipinski definition) is 0. The van der Waals surface area contributed by atoms with E-state index in [2.05, 4.69) is 34.3 Å². The van der Waals surface area contributed by atoms with E-state index in [-0.39, 0.29) is 11.3 Å². The number of carbonyl (C=O) groups is 1. The summed E-state index contributed by atoms with van der Waals surface area (Å²) in [5, 5.41) is 1.01. The Bertz CT molecular complexity index is 1220. The van der Waals surface area contributed by atoms with E-state index in [0.29, 0.717) is 5.75 Å². The Labute approximate surface area is 179 Å². The second-order valence-corrected chi connectivity index (χ2v) is 8.13. The second kappa shape index (κ2) is 8.13. The first-order valence-corrected chi connectivity index (χ1v) is 10.8. The van der Waals surface area contributed by atoms with Gasteiger partial charge in [0.25, 0.3) is 0 Å². The van der Waals surface area contributed by atoms with Gasteiger partial charge >= 0.3 is 0 Å². The van der Waals surface area contributed by atoms with Crippen molar-refractivity contribution in [3.05, 3.63) is 96.7 Å². The van der Waals surface area contributed by atoms with Crippen molar-refractivity contribution in [3.63, 3.8) is 0 Å². The highest BCUT2D eigenvalue weighted by Crippen LogP contribution is 2.33. The maximum absolute atomic E-state index is 12.5. The number of pyridine rings is 2. The minimum absolute atomic E-state index is 0.00782. The molecule has 2 aromatic heterocycles. The van der Waals surface area contributed by atoms with Crippen molar-refractivity contribution >= 4 is 40.5 Å². The van der Waals surface area contributed by atoms with E-state index in [4.69, 9.17) is 0 Å². The predicted octanol–water partition coefficient (Wildman–Crippen LogP) is 5.42. The zero-order chi connectivity index (χ0) is 20.3. The van der Waals surface area contributed by atoms with Gasteiger partial charge in [-0.05, 0) is 42.0 Å². The van der Waals surface area contributed by atoms with Crippen molar-refractivity contribution in [2.24, 2.45) is 0 Å². The van der Waals surface area contributed by atoms with E-state index in [1.807, 2.05) is 71.6 Å². The molecule has 0 spiro atoms. The monoisotopic (exact) mass is 409 g/mol. The summed E-state index contributed by atoms with van der Waals surface area (Å²) < 4.78 is 0. The summed E-state index contributed by atoms with van der Waals surface area (Å²) in [6, 6.07) is 26.1. The van der Waals surface area contributed by atoms with E-state index in [0.717, 1.165) is 33.5 Å². The average molecular weight is 410 g/mol. The fourth-order valence-electron chi connectivity index (χ4n) is 3.54. The average Bonchev–Trinajstić information content (AvgIpc) is 3.18. The first-order valence-electron chi connectivity index (χ1n) is 9.77. The van der Waals surface area contributed by atoms with Crippen molar-refractivity contribution in [2.75, 3.05) is 10.7 Å². The van der Waals surface area contributed by atoms with Crippen molar-refractivity contribution in [1.82, 2.24) is 9.97 Å². The van der Waals surface area contributed by atoms with Gasteiger partial charge in [-0.1, -0.05) is 54.6 Å². The quantitative estimate of drug-likeness (QED) is 0.452. The van der Waals surface area contributed by atoms with Gasteiger partial charge in [-0.15, -0.1) is 11.8 Å². The highest BCUT2D eigenvalue weighted by Gasteiger charge is 2.31. The van der Waals surface area contributed by atoms with Gasteiger partial charge in [0, 0.05) is 22.8 Å². The zero-order valence-corrected chi connectivity index (χ0v) is 17.0. The molecule has 2 aromatic carbocycles. The Hall–Kier alpha value is -3.44. The van der Waals surface area contributed by atoms with Gasteiger partial charge < -0.3 is 0 Å². The van der Waals surface area contributed by atoms with Crippen molar-refractivity contribution in [2.45, 2.75) is 5.37 Å². The summed E-state index contributed by atoms with van der Waals surface area (Å²) >= 11 is 1.64. The minimum Gasteiger partial charge on any atom is -0.296 e. The lowest BCUT2D eigenvalue weighted by Crippen LogP contribution is -2.31. The van der Waals surface area contributed by atoms with Gasteiger partial charge in [-0.3, -0.25) is 9.69 Å². The van der Waals surface area contributed by atoms with Crippen LogP contribution in [0.3, 0.4) is 0 Å². The molecule has 0 radical (unpaired) electrons. The molecule has 1 atom stereocenters. The normalized spacial score (nSPS) is 16.6.